The van der Waals surface area contributed by atoms with Crippen LogP contribution in [-0.4, -0.2) is 10.1 Å². The number of fused-ring (bicyclic) bond motifs is 1. The Hall–Kier alpha value is -2.36. The maximum atomic E-state index is 11.9. The smallest absolute Gasteiger partial charge is 0.259 e. The van der Waals surface area contributed by atoms with E-state index in [2.05, 4.69) is 10.1 Å². The molecule has 0 radical (unpaired) electrons. The first-order chi connectivity index (χ1) is 8.24. The van der Waals surface area contributed by atoms with Crippen molar-refractivity contribution in [1.29, 1.82) is 0 Å². The van der Waals surface area contributed by atoms with Crippen molar-refractivity contribution in [2.75, 3.05) is 0 Å². The molecule has 0 aliphatic rings. The van der Waals surface area contributed by atoms with Gasteiger partial charge in [0.15, 0.2) is 5.76 Å². The van der Waals surface area contributed by atoms with E-state index in [4.69, 9.17) is 4.52 Å². The third-order valence-electron chi connectivity index (χ3n) is 2.65. The van der Waals surface area contributed by atoms with Crippen molar-refractivity contribution in [3.63, 3.8) is 0 Å². The van der Waals surface area contributed by atoms with Crippen LogP contribution in [0.15, 0.2) is 45.7 Å². The maximum absolute atomic E-state index is 11.9. The van der Waals surface area contributed by atoms with Gasteiger partial charge in [-0.2, -0.15) is 0 Å². The molecule has 0 saturated carbocycles. The van der Waals surface area contributed by atoms with E-state index in [1.165, 1.54) is 0 Å². The third kappa shape index (κ3) is 1.63. The zero-order chi connectivity index (χ0) is 11.8. The Labute approximate surface area is 96.9 Å². The fourth-order valence-corrected chi connectivity index (χ4v) is 1.82. The van der Waals surface area contributed by atoms with Gasteiger partial charge in [0, 0.05) is 11.6 Å². The van der Waals surface area contributed by atoms with Gasteiger partial charge in [0.05, 0.1) is 11.3 Å². The van der Waals surface area contributed by atoms with E-state index in [1.807, 2.05) is 37.3 Å². The van der Waals surface area contributed by atoms with Crippen molar-refractivity contribution in [3.8, 4) is 11.3 Å². The van der Waals surface area contributed by atoms with E-state index in [0.717, 1.165) is 16.6 Å². The van der Waals surface area contributed by atoms with Crippen LogP contribution in [0.1, 0.15) is 5.69 Å². The molecule has 84 valence electrons. The minimum atomic E-state index is -0.167. The Balaban J connectivity index is 2.30. The Kier molecular flexibility index (Phi) is 2.08. The topological polar surface area (TPSA) is 58.9 Å². The summed E-state index contributed by atoms with van der Waals surface area (Å²) in [5.41, 5.74) is 1.91. The highest BCUT2D eigenvalue weighted by molar-refractivity contribution is 5.82. The fourth-order valence-electron chi connectivity index (χ4n) is 1.82. The van der Waals surface area contributed by atoms with E-state index < -0.39 is 0 Å². The summed E-state index contributed by atoms with van der Waals surface area (Å²) in [7, 11) is 0. The van der Waals surface area contributed by atoms with Crippen molar-refractivity contribution in [1.82, 2.24) is 10.1 Å². The Morgan fingerprint density at radius 1 is 1.24 bits per heavy atom. The molecule has 0 spiro atoms. The molecule has 0 saturated heterocycles. The second kappa shape index (κ2) is 3.59. The molecule has 0 fully saturated rings. The standard InChI is InChI=1S/C13H10N2O2/c1-8-6-12(17-15-8)10-7-9-4-2-3-5-11(9)14-13(10)16/h2-7H,1H3,(H,14,16). The summed E-state index contributed by atoms with van der Waals surface area (Å²) >= 11 is 0. The molecule has 4 nitrogen and oxygen atoms in total. The molecule has 0 aliphatic heterocycles. The van der Waals surface area contributed by atoms with Gasteiger partial charge in [0.25, 0.3) is 5.56 Å². The maximum Gasteiger partial charge on any atom is 0.259 e. The number of benzene rings is 1. The molecule has 0 atom stereocenters. The van der Waals surface area contributed by atoms with Crippen LogP contribution < -0.4 is 5.56 Å². The number of rotatable bonds is 1. The number of aromatic amines is 1. The predicted molar refractivity (Wildman–Crippen MR) is 64.8 cm³/mol. The van der Waals surface area contributed by atoms with Crippen LogP contribution in [0.4, 0.5) is 0 Å². The highest BCUT2D eigenvalue weighted by atomic mass is 16.5. The molecule has 0 amide bonds. The summed E-state index contributed by atoms with van der Waals surface area (Å²) in [6.07, 6.45) is 0. The first kappa shape index (κ1) is 9.84. The number of aryl methyl sites for hydroxylation is 1. The van der Waals surface area contributed by atoms with E-state index >= 15 is 0 Å². The van der Waals surface area contributed by atoms with Gasteiger partial charge in [-0.1, -0.05) is 23.4 Å². The molecular formula is C13H10N2O2. The number of H-pyrrole nitrogens is 1. The van der Waals surface area contributed by atoms with Gasteiger partial charge in [0.1, 0.15) is 0 Å². The lowest BCUT2D eigenvalue weighted by Gasteiger charge is -1.99. The Bertz CT molecular complexity index is 740. The molecule has 2 aromatic heterocycles. The van der Waals surface area contributed by atoms with Crippen molar-refractivity contribution in [3.05, 3.63) is 52.4 Å². The molecule has 1 N–H and O–H groups in total. The SMILES string of the molecule is Cc1cc(-c2cc3ccccc3[nH]c2=O)on1. The van der Waals surface area contributed by atoms with E-state index in [1.54, 1.807) is 6.07 Å². The van der Waals surface area contributed by atoms with Gasteiger partial charge in [-0.25, -0.2) is 0 Å². The van der Waals surface area contributed by atoms with Crippen LogP contribution >= 0.6 is 0 Å². The van der Waals surface area contributed by atoms with Crippen LogP contribution in [0.25, 0.3) is 22.2 Å². The van der Waals surface area contributed by atoms with Gasteiger partial charge >= 0.3 is 0 Å². The minimum Gasteiger partial charge on any atom is -0.356 e. The molecule has 0 bridgehead atoms. The first-order valence-corrected chi connectivity index (χ1v) is 5.30. The molecule has 3 rings (SSSR count). The van der Waals surface area contributed by atoms with Gasteiger partial charge in [0.2, 0.25) is 0 Å². The number of pyridine rings is 1. The monoisotopic (exact) mass is 226 g/mol. The van der Waals surface area contributed by atoms with E-state index in [9.17, 15) is 4.79 Å². The molecule has 0 unspecified atom stereocenters. The number of para-hydroxylation sites is 1. The second-order valence-electron chi connectivity index (χ2n) is 3.93. The number of nitrogens with zero attached hydrogens (tertiary/aromatic N) is 1. The van der Waals surface area contributed by atoms with Crippen LogP contribution in [0, 0.1) is 6.92 Å². The molecule has 17 heavy (non-hydrogen) atoms. The van der Waals surface area contributed by atoms with Crippen molar-refractivity contribution in [2.24, 2.45) is 0 Å². The molecule has 1 aromatic carbocycles. The lowest BCUT2D eigenvalue weighted by molar-refractivity contribution is 0.426. The third-order valence-corrected chi connectivity index (χ3v) is 2.65. The average molecular weight is 226 g/mol. The zero-order valence-electron chi connectivity index (χ0n) is 9.23. The highest BCUT2D eigenvalue weighted by Crippen LogP contribution is 2.19. The summed E-state index contributed by atoms with van der Waals surface area (Å²) in [5.74, 6) is 0.495. The first-order valence-electron chi connectivity index (χ1n) is 5.30. The molecular weight excluding hydrogens is 216 g/mol. The van der Waals surface area contributed by atoms with Crippen LogP contribution in [0.2, 0.25) is 0 Å². The van der Waals surface area contributed by atoms with Gasteiger partial charge in [-0.05, 0) is 24.4 Å². The van der Waals surface area contributed by atoms with Gasteiger partial charge in [-0.3, -0.25) is 4.79 Å². The molecule has 2 heterocycles. The fraction of sp³-hybridized carbons (Fsp3) is 0.0769. The Morgan fingerprint density at radius 3 is 2.82 bits per heavy atom. The van der Waals surface area contributed by atoms with Crippen molar-refractivity contribution >= 4 is 10.9 Å². The molecule has 3 aromatic rings. The van der Waals surface area contributed by atoms with Crippen LogP contribution in [-0.2, 0) is 0 Å². The lowest BCUT2D eigenvalue weighted by Crippen LogP contribution is -2.08. The molecule has 0 aliphatic carbocycles. The summed E-state index contributed by atoms with van der Waals surface area (Å²) in [6, 6.07) is 11.2. The lowest BCUT2D eigenvalue weighted by atomic mass is 10.1. The largest absolute Gasteiger partial charge is 0.356 e. The van der Waals surface area contributed by atoms with Gasteiger partial charge < -0.3 is 9.51 Å². The molecule has 4 heteroatoms. The predicted octanol–water partition coefficient (Wildman–Crippen LogP) is 2.49. The summed E-state index contributed by atoms with van der Waals surface area (Å²) in [4.78, 5) is 14.7. The van der Waals surface area contributed by atoms with Crippen molar-refractivity contribution in [2.45, 2.75) is 6.92 Å². The normalized spacial score (nSPS) is 10.9. The van der Waals surface area contributed by atoms with Gasteiger partial charge in [-0.15, -0.1) is 0 Å². The number of aromatic nitrogens is 2. The van der Waals surface area contributed by atoms with Crippen LogP contribution in [0.5, 0.6) is 0 Å². The number of hydrogen-bond acceptors (Lipinski definition) is 3. The highest BCUT2D eigenvalue weighted by Gasteiger charge is 2.09. The van der Waals surface area contributed by atoms with E-state index in [-0.39, 0.29) is 5.56 Å². The number of nitrogens with one attached hydrogen (secondary N) is 1. The quantitative estimate of drug-likeness (QED) is 0.693. The second-order valence-corrected chi connectivity index (χ2v) is 3.93. The summed E-state index contributed by atoms with van der Waals surface area (Å²) in [6.45, 7) is 1.82. The average Bonchev–Trinajstić information content (AvgIpc) is 2.75. The minimum absolute atomic E-state index is 0.167. The van der Waals surface area contributed by atoms with Crippen LogP contribution in [0.3, 0.4) is 0 Å². The van der Waals surface area contributed by atoms with Crippen molar-refractivity contribution < 1.29 is 4.52 Å². The number of hydrogen-bond donors (Lipinski definition) is 1. The Morgan fingerprint density at radius 2 is 2.06 bits per heavy atom. The van der Waals surface area contributed by atoms with E-state index in [0.29, 0.717) is 11.3 Å². The zero-order valence-corrected chi connectivity index (χ0v) is 9.23. The summed E-state index contributed by atoms with van der Waals surface area (Å²) in [5, 5.41) is 4.76. The summed E-state index contributed by atoms with van der Waals surface area (Å²) < 4.78 is 5.11.